The van der Waals surface area contributed by atoms with E-state index in [4.69, 9.17) is 14.6 Å². The fourth-order valence-corrected chi connectivity index (χ4v) is 2.83. The molecule has 7 heteroatoms. The van der Waals surface area contributed by atoms with E-state index in [1.807, 2.05) is 7.11 Å². The molecule has 0 bridgehead atoms. The average Bonchev–Trinajstić information content (AvgIpc) is 2.60. The van der Waals surface area contributed by atoms with E-state index < -0.39 is 12.1 Å². The molecule has 1 aliphatic rings. The number of ether oxygens (including phenoxy) is 1. The van der Waals surface area contributed by atoms with Crippen LogP contribution in [0.5, 0.6) is 0 Å². The van der Waals surface area contributed by atoms with Crippen molar-refractivity contribution < 1.29 is 27.8 Å². The van der Waals surface area contributed by atoms with Crippen LogP contribution in [0.3, 0.4) is 0 Å². The van der Waals surface area contributed by atoms with Crippen LogP contribution in [0.25, 0.3) is 0 Å². The molecule has 0 radical (unpaired) electrons. The molecule has 0 amide bonds. The van der Waals surface area contributed by atoms with Crippen LogP contribution >= 0.6 is 0 Å². The Morgan fingerprint density at radius 3 is 2.20 bits per heavy atom. The number of likely N-dealkylation sites (tertiary alicyclic amines) is 1. The summed E-state index contributed by atoms with van der Waals surface area (Å²) < 4.78 is 37.2. The lowest BCUT2D eigenvalue weighted by molar-refractivity contribution is -0.192. The van der Waals surface area contributed by atoms with Gasteiger partial charge in [0.1, 0.15) is 0 Å². The van der Waals surface area contributed by atoms with Gasteiger partial charge in [0.2, 0.25) is 0 Å². The highest BCUT2D eigenvalue weighted by atomic mass is 19.4. The third-order valence-electron chi connectivity index (χ3n) is 4.35. The van der Waals surface area contributed by atoms with Crippen molar-refractivity contribution in [1.82, 2.24) is 4.90 Å². The molecule has 1 fully saturated rings. The first kappa shape index (κ1) is 21.4. The normalized spacial score (nSPS) is 17.5. The first-order valence-electron chi connectivity index (χ1n) is 8.38. The van der Waals surface area contributed by atoms with Crippen LogP contribution in [0.4, 0.5) is 13.2 Å². The summed E-state index contributed by atoms with van der Waals surface area (Å²) in [5.74, 6) is -2.09. The molecule has 1 atom stereocenters. The van der Waals surface area contributed by atoms with Gasteiger partial charge in [0.05, 0.1) is 6.10 Å². The molecule has 2 rings (SSSR count). The molecule has 1 heterocycles. The number of nitrogens with zero attached hydrogens (tertiary/aromatic N) is 1. The summed E-state index contributed by atoms with van der Waals surface area (Å²) in [7, 11) is 1.83. The molecule has 1 N–H and O–H groups in total. The number of alkyl halides is 3. The highest BCUT2D eigenvalue weighted by Crippen LogP contribution is 2.23. The summed E-state index contributed by atoms with van der Waals surface area (Å²) in [5, 5.41) is 7.12. The molecular formula is C18H26F3NO3. The average molecular weight is 361 g/mol. The second kappa shape index (κ2) is 10.4. The lowest BCUT2D eigenvalue weighted by Gasteiger charge is -2.33. The maximum Gasteiger partial charge on any atom is 0.490 e. The van der Waals surface area contributed by atoms with Gasteiger partial charge in [0.15, 0.2) is 0 Å². The van der Waals surface area contributed by atoms with E-state index in [2.05, 4.69) is 42.2 Å². The van der Waals surface area contributed by atoms with Crippen molar-refractivity contribution in [1.29, 1.82) is 0 Å². The second-order valence-electron chi connectivity index (χ2n) is 6.05. The first-order chi connectivity index (χ1) is 11.8. The minimum atomic E-state index is -5.08. The topological polar surface area (TPSA) is 49.8 Å². The lowest BCUT2D eigenvalue weighted by atomic mass is 9.95. The maximum atomic E-state index is 10.6. The van der Waals surface area contributed by atoms with E-state index in [-0.39, 0.29) is 0 Å². The number of carbonyl (C=O) groups is 1. The van der Waals surface area contributed by atoms with Gasteiger partial charge in [0.25, 0.3) is 0 Å². The summed E-state index contributed by atoms with van der Waals surface area (Å²) in [6, 6.07) is 10.9. The van der Waals surface area contributed by atoms with Crippen LogP contribution < -0.4 is 0 Å². The van der Waals surface area contributed by atoms with Gasteiger partial charge in [0, 0.05) is 26.7 Å². The Labute approximate surface area is 146 Å². The van der Waals surface area contributed by atoms with Crippen LogP contribution in [0, 0.1) is 0 Å². The Kier molecular flexibility index (Phi) is 8.92. The van der Waals surface area contributed by atoms with Crippen LogP contribution in [0.15, 0.2) is 30.3 Å². The second-order valence-corrected chi connectivity index (χ2v) is 6.05. The predicted molar refractivity (Wildman–Crippen MR) is 89.6 cm³/mol. The zero-order chi connectivity index (χ0) is 18.9. The van der Waals surface area contributed by atoms with Crippen molar-refractivity contribution in [2.24, 2.45) is 0 Å². The van der Waals surface area contributed by atoms with Gasteiger partial charge in [-0.3, -0.25) is 0 Å². The molecule has 0 saturated carbocycles. The highest BCUT2D eigenvalue weighted by Gasteiger charge is 2.38. The number of carboxylic acid groups (broad SMARTS) is 1. The quantitative estimate of drug-likeness (QED) is 0.864. The number of rotatable bonds is 5. The summed E-state index contributed by atoms with van der Waals surface area (Å²) in [5.41, 5.74) is 1.48. The standard InChI is InChI=1S/C16H25NO.C2HF3O2/c1-3-14(15-7-5-4-6-8-15)13-17-11-9-16(18-2)10-12-17;3-2(4,5)1(6)7/h4-8,14,16H,3,9-13H2,1-2H3;(H,6,7)/t14-;/m1./s1. The molecule has 1 saturated heterocycles. The largest absolute Gasteiger partial charge is 0.490 e. The zero-order valence-electron chi connectivity index (χ0n) is 14.6. The molecule has 0 unspecified atom stereocenters. The number of methoxy groups -OCH3 is 1. The van der Waals surface area contributed by atoms with E-state index in [9.17, 15) is 13.2 Å². The van der Waals surface area contributed by atoms with Crippen molar-refractivity contribution in [3.05, 3.63) is 35.9 Å². The van der Waals surface area contributed by atoms with Gasteiger partial charge in [-0.25, -0.2) is 4.79 Å². The summed E-state index contributed by atoms with van der Waals surface area (Å²) in [6.45, 7) is 5.85. The fourth-order valence-electron chi connectivity index (χ4n) is 2.83. The van der Waals surface area contributed by atoms with Crippen molar-refractivity contribution in [2.75, 3.05) is 26.7 Å². The third-order valence-corrected chi connectivity index (χ3v) is 4.35. The number of halogens is 3. The van der Waals surface area contributed by atoms with Crippen molar-refractivity contribution in [3.8, 4) is 0 Å². The van der Waals surface area contributed by atoms with E-state index in [1.54, 1.807) is 0 Å². The summed E-state index contributed by atoms with van der Waals surface area (Å²) >= 11 is 0. The Morgan fingerprint density at radius 1 is 1.28 bits per heavy atom. The molecular weight excluding hydrogens is 335 g/mol. The van der Waals surface area contributed by atoms with E-state index in [1.165, 1.54) is 44.5 Å². The number of piperidine rings is 1. The molecule has 4 nitrogen and oxygen atoms in total. The van der Waals surface area contributed by atoms with Gasteiger partial charge in [-0.05, 0) is 30.7 Å². The van der Waals surface area contributed by atoms with Crippen LogP contribution in [0.1, 0.15) is 37.7 Å². The van der Waals surface area contributed by atoms with E-state index >= 15 is 0 Å². The smallest absolute Gasteiger partial charge is 0.475 e. The Balaban J connectivity index is 0.000000381. The minimum Gasteiger partial charge on any atom is -0.475 e. The van der Waals surface area contributed by atoms with E-state index in [0.29, 0.717) is 12.0 Å². The van der Waals surface area contributed by atoms with Crippen LogP contribution in [0.2, 0.25) is 0 Å². The highest BCUT2D eigenvalue weighted by molar-refractivity contribution is 5.73. The van der Waals surface area contributed by atoms with E-state index in [0.717, 1.165) is 0 Å². The number of aliphatic carboxylic acids is 1. The molecule has 0 aliphatic carbocycles. The predicted octanol–water partition coefficient (Wildman–Crippen LogP) is 3.92. The monoisotopic (exact) mass is 361 g/mol. The molecule has 1 aromatic carbocycles. The maximum absolute atomic E-state index is 10.6. The Morgan fingerprint density at radius 2 is 1.80 bits per heavy atom. The number of hydrogen-bond donors (Lipinski definition) is 1. The molecule has 25 heavy (non-hydrogen) atoms. The number of benzene rings is 1. The fraction of sp³-hybridized carbons (Fsp3) is 0.611. The number of hydrogen-bond acceptors (Lipinski definition) is 3. The lowest BCUT2D eigenvalue weighted by Crippen LogP contribution is -2.38. The van der Waals surface area contributed by atoms with Crippen molar-refractivity contribution in [2.45, 2.75) is 44.4 Å². The third kappa shape index (κ3) is 7.88. The number of carboxylic acids is 1. The molecule has 142 valence electrons. The zero-order valence-corrected chi connectivity index (χ0v) is 14.6. The summed E-state index contributed by atoms with van der Waals surface area (Å²) in [6.07, 6.45) is -1.02. The SMILES string of the molecule is CC[C@H](CN1CCC(OC)CC1)c1ccccc1.O=C(O)C(F)(F)F. The molecule has 0 aromatic heterocycles. The van der Waals surface area contributed by atoms with Gasteiger partial charge in [-0.2, -0.15) is 13.2 Å². The Bertz CT molecular complexity index is 500. The van der Waals surface area contributed by atoms with Crippen molar-refractivity contribution >= 4 is 5.97 Å². The van der Waals surface area contributed by atoms with Crippen LogP contribution in [-0.2, 0) is 9.53 Å². The van der Waals surface area contributed by atoms with Gasteiger partial charge in [-0.15, -0.1) is 0 Å². The molecule has 1 aliphatic heterocycles. The van der Waals surface area contributed by atoms with Gasteiger partial charge >= 0.3 is 12.1 Å². The summed E-state index contributed by atoms with van der Waals surface area (Å²) in [4.78, 5) is 11.5. The molecule has 0 spiro atoms. The van der Waals surface area contributed by atoms with Crippen molar-refractivity contribution in [3.63, 3.8) is 0 Å². The van der Waals surface area contributed by atoms with Gasteiger partial charge in [-0.1, -0.05) is 37.3 Å². The Hall–Kier alpha value is -1.60. The minimum absolute atomic E-state index is 0.484. The molecule has 1 aromatic rings. The first-order valence-corrected chi connectivity index (χ1v) is 8.38. The van der Waals surface area contributed by atoms with Crippen LogP contribution in [-0.4, -0.2) is 55.0 Å². The van der Waals surface area contributed by atoms with Gasteiger partial charge < -0.3 is 14.7 Å².